The Labute approximate surface area is 162 Å². The van der Waals surface area contributed by atoms with Crippen LogP contribution in [-0.2, 0) is 5.75 Å². The van der Waals surface area contributed by atoms with Gasteiger partial charge < -0.3 is 5.32 Å². The number of carbonyl (C=O) groups is 1. The van der Waals surface area contributed by atoms with E-state index < -0.39 is 0 Å². The number of aryl methyl sites for hydroxylation is 2. The third kappa shape index (κ3) is 4.84. The van der Waals surface area contributed by atoms with Crippen LogP contribution in [0, 0.1) is 13.8 Å². The molecule has 3 aromatic rings. The Hall–Kier alpha value is -2.37. The standard InChI is InChI=1S/C20H18ClN3OS/c1-13-5-3-7-15(9-13)12-26-20-22-11-17(21)18(24-20)19(25)23-16-8-4-6-14(2)10-16/h3-11H,12H2,1-2H3,(H,23,25). The van der Waals surface area contributed by atoms with Crippen LogP contribution in [0.4, 0.5) is 5.69 Å². The molecule has 1 heterocycles. The first-order valence-electron chi connectivity index (χ1n) is 8.10. The number of anilines is 1. The van der Waals surface area contributed by atoms with Crippen molar-refractivity contribution < 1.29 is 4.79 Å². The minimum Gasteiger partial charge on any atom is -0.321 e. The van der Waals surface area contributed by atoms with Crippen LogP contribution < -0.4 is 5.32 Å². The Bertz CT molecular complexity index is 946. The predicted molar refractivity (Wildman–Crippen MR) is 107 cm³/mol. The summed E-state index contributed by atoms with van der Waals surface area (Å²) in [7, 11) is 0. The molecule has 1 aromatic heterocycles. The molecule has 4 nitrogen and oxygen atoms in total. The molecule has 0 saturated carbocycles. The van der Waals surface area contributed by atoms with E-state index in [2.05, 4.69) is 40.4 Å². The Balaban J connectivity index is 1.73. The Morgan fingerprint density at radius 3 is 2.58 bits per heavy atom. The zero-order valence-corrected chi connectivity index (χ0v) is 16.1. The number of nitrogens with one attached hydrogen (secondary N) is 1. The Morgan fingerprint density at radius 1 is 1.12 bits per heavy atom. The molecule has 0 aliphatic rings. The van der Waals surface area contributed by atoms with Crippen LogP contribution in [0.25, 0.3) is 0 Å². The summed E-state index contributed by atoms with van der Waals surface area (Å²) in [6, 6.07) is 15.8. The molecule has 0 aliphatic carbocycles. The number of hydrogen-bond acceptors (Lipinski definition) is 4. The molecule has 26 heavy (non-hydrogen) atoms. The largest absolute Gasteiger partial charge is 0.321 e. The van der Waals surface area contributed by atoms with E-state index in [1.807, 2.05) is 37.3 Å². The first-order chi connectivity index (χ1) is 12.5. The van der Waals surface area contributed by atoms with Gasteiger partial charge in [-0.05, 0) is 37.1 Å². The molecule has 3 rings (SSSR count). The lowest BCUT2D eigenvalue weighted by molar-refractivity contribution is 0.102. The van der Waals surface area contributed by atoms with Crippen molar-refractivity contribution in [3.8, 4) is 0 Å². The maximum Gasteiger partial charge on any atom is 0.275 e. The minimum atomic E-state index is -0.347. The molecular formula is C20H18ClN3OS. The monoisotopic (exact) mass is 383 g/mol. The number of nitrogens with zero attached hydrogens (tertiary/aromatic N) is 2. The van der Waals surface area contributed by atoms with E-state index >= 15 is 0 Å². The molecule has 0 unspecified atom stereocenters. The van der Waals surface area contributed by atoms with Gasteiger partial charge in [0, 0.05) is 11.4 Å². The Kier molecular flexibility index (Phi) is 5.91. The van der Waals surface area contributed by atoms with Crippen molar-refractivity contribution in [2.24, 2.45) is 0 Å². The number of aromatic nitrogens is 2. The highest BCUT2D eigenvalue weighted by Gasteiger charge is 2.15. The van der Waals surface area contributed by atoms with Crippen LogP contribution in [0.2, 0.25) is 5.02 Å². The van der Waals surface area contributed by atoms with Crippen molar-refractivity contribution in [1.29, 1.82) is 0 Å². The van der Waals surface area contributed by atoms with Gasteiger partial charge in [0.05, 0.1) is 11.2 Å². The molecule has 132 valence electrons. The molecular weight excluding hydrogens is 366 g/mol. The van der Waals surface area contributed by atoms with E-state index in [9.17, 15) is 4.79 Å². The lowest BCUT2D eigenvalue weighted by Gasteiger charge is -2.08. The number of hydrogen-bond donors (Lipinski definition) is 1. The van der Waals surface area contributed by atoms with Crippen molar-refractivity contribution in [1.82, 2.24) is 9.97 Å². The lowest BCUT2D eigenvalue weighted by Crippen LogP contribution is -2.15. The Morgan fingerprint density at radius 2 is 1.85 bits per heavy atom. The average molecular weight is 384 g/mol. The van der Waals surface area contributed by atoms with E-state index in [0.29, 0.717) is 10.8 Å². The van der Waals surface area contributed by atoms with Crippen molar-refractivity contribution in [3.05, 3.63) is 82.1 Å². The number of halogens is 1. The van der Waals surface area contributed by atoms with E-state index in [-0.39, 0.29) is 16.6 Å². The topological polar surface area (TPSA) is 54.9 Å². The second-order valence-corrected chi connectivity index (χ2v) is 7.30. The fourth-order valence-electron chi connectivity index (χ4n) is 2.44. The van der Waals surface area contributed by atoms with Gasteiger partial charge in [-0.15, -0.1) is 0 Å². The molecule has 0 fully saturated rings. The fourth-order valence-corrected chi connectivity index (χ4v) is 3.38. The SMILES string of the molecule is Cc1cccc(CSc2ncc(Cl)c(C(=O)Nc3cccc(C)c3)n2)c1. The van der Waals surface area contributed by atoms with Crippen molar-refractivity contribution >= 4 is 35.0 Å². The van der Waals surface area contributed by atoms with Gasteiger partial charge in [0.25, 0.3) is 5.91 Å². The summed E-state index contributed by atoms with van der Waals surface area (Å²) >= 11 is 7.60. The van der Waals surface area contributed by atoms with Crippen LogP contribution in [0.15, 0.2) is 59.9 Å². The van der Waals surface area contributed by atoms with E-state index in [4.69, 9.17) is 11.6 Å². The summed E-state index contributed by atoms with van der Waals surface area (Å²) in [6.07, 6.45) is 1.47. The van der Waals surface area contributed by atoms with Crippen LogP contribution in [0.5, 0.6) is 0 Å². The fraction of sp³-hybridized carbons (Fsp3) is 0.150. The highest BCUT2D eigenvalue weighted by Crippen LogP contribution is 2.23. The van der Waals surface area contributed by atoms with Gasteiger partial charge in [-0.1, -0.05) is 65.3 Å². The summed E-state index contributed by atoms with van der Waals surface area (Å²) < 4.78 is 0. The van der Waals surface area contributed by atoms with E-state index in [1.54, 1.807) is 0 Å². The van der Waals surface area contributed by atoms with E-state index in [0.717, 1.165) is 11.3 Å². The normalized spacial score (nSPS) is 10.6. The summed E-state index contributed by atoms with van der Waals surface area (Å²) in [5.74, 6) is 0.378. The third-order valence-corrected chi connectivity index (χ3v) is 4.87. The molecule has 0 aliphatic heterocycles. The summed E-state index contributed by atoms with van der Waals surface area (Å²) in [5, 5.41) is 3.58. The second-order valence-electron chi connectivity index (χ2n) is 5.95. The summed E-state index contributed by atoms with van der Waals surface area (Å²) in [5.41, 5.74) is 4.33. The van der Waals surface area contributed by atoms with Crippen molar-refractivity contribution in [3.63, 3.8) is 0 Å². The van der Waals surface area contributed by atoms with Gasteiger partial charge in [-0.2, -0.15) is 0 Å². The molecule has 0 bridgehead atoms. The van der Waals surface area contributed by atoms with Gasteiger partial charge in [-0.3, -0.25) is 4.79 Å². The third-order valence-electron chi connectivity index (χ3n) is 3.66. The van der Waals surface area contributed by atoms with Crippen LogP contribution >= 0.6 is 23.4 Å². The predicted octanol–water partition coefficient (Wildman–Crippen LogP) is 5.29. The quantitative estimate of drug-likeness (QED) is 0.480. The molecule has 6 heteroatoms. The van der Waals surface area contributed by atoms with Gasteiger partial charge in [0.1, 0.15) is 0 Å². The minimum absolute atomic E-state index is 0.176. The lowest BCUT2D eigenvalue weighted by atomic mass is 10.2. The summed E-state index contributed by atoms with van der Waals surface area (Å²) in [6.45, 7) is 4.02. The first-order valence-corrected chi connectivity index (χ1v) is 9.46. The number of benzene rings is 2. The highest BCUT2D eigenvalue weighted by molar-refractivity contribution is 7.98. The number of amides is 1. The molecule has 2 aromatic carbocycles. The van der Waals surface area contributed by atoms with Gasteiger partial charge in [-0.25, -0.2) is 9.97 Å². The van der Waals surface area contributed by atoms with Crippen LogP contribution in [-0.4, -0.2) is 15.9 Å². The van der Waals surface area contributed by atoms with Crippen molar-refractivity contribution in [2.45, 2.75) is 24.8 Å². The number of thioether (sulfide) groups is 1. The molecule has 1 amide bonds. The summed E-state index contributed by atoms with van der Waals surface area (Å²) in [4.78, 5) is 21.1. The maximum absolute atomic E-state index is 12.5. The number of rotatable bonds is 5. The van der Waals surface area contributed by atoms with Crippen LogP contribution in [0.3, 0.4) is 0 Å². The molecule has 0 saturated heterocycles. The van der Waals surface area contributed by atoms with Crippen LogP contribution in [0.1, 0.15) is 27.2 Å². The van der Waals surface area contributed by atoms with Gasteiger partial charge in [0.15, 0.2) is 10.9 Å². The molecule has 1 N–H and O–H groups in total. The van der Waals surface area contributed by atoms with Crippen molar-refractivity contribution in [2.75, 3.05) is 5.32 Å². The van der Waals surface area contributed by atoms with E-state index in [1.165, 1.54) is 29.1 Å². The van der Waals surface area contributed by atoms with Gasteiger partial charge in [0.2, 0.25) is 0 Å². The smallest absolute Gasteiger partial charge is 0.275 e. The zero-order chi connectivity index (χ0) is 18.5. The first kappa shape index (κ1) is 18.4. The average Bonchev–Trinajstić information content (AvgIpc) is 2.61. The maximum atomic E-state index is 12.5. The van der Waals surface area contributed by atoms with Gasteiger partial charge >= 0.3 is 0 Å². The zero-order valence-electron chi connectivity index (χ0n) is 14.5. The second kappa shape index (κ2) is 8.34. The number of carbonyl (C=O) groups excluding carboxylic acids is 1. The molecule has 0 atom stereocenters. The molecule has 0 spiro atoms. The molecule has 0 radical (unpaired) electrons. The highest BCUT2D eigenvalue weighted by atomic mass is 35.5.